The first-order chi connectivity index (χ1) is 8.79. The molecule has 1 rings (SSSR count). The van der Waals surface area contributed by atoms with Crippen molar-refractivity contribution < 1.29 is 4.79 Å². The molecule has 0 radical (unpaired) electrons. The minimum atomic E-state index is -0.743. The Hall–Kier alpha value is -0.320. The van der Waals surface area contributed by atoms with Crippen LogP contribution in [-0.4, -0.2) is 41.5 Å². The molecule has 0 spiro atoms. The topological polar surface area (TPSA) is 58.4 Å². The average Bonchev–Trinajstić information content (AvgIpc) is 2.37. The minimum Gasteiger partial charge on any atom is -0.353 e. The molecule has 0 aromatic rings. The number of amides is 1. The molecular formula is C15H32ClN3O. The van der Waals surface area contributed by atoms with Crippen molar-refractivity contribution in [2.24, 2.45) is 5.73 Å². The first-order valence-electron chi connectivity index (χ1n) is 7.62. The van der Waals surface area contributed by atoms with Gasteiger partial charge in [0.2, 0.25) is 5.91 Å². The predicted octanol–water partition coefficient (Wildman–Crippen LogP) is 2.31. The Morgan fingerprint density at radius 2 is 1.75 bits per heavy atom. The van der Waals surface area contributed by atoms with Crippen molar-refractivity contribution in [3.8, 4) is 0 Å². The third kappa shape index (κ3) is 5.58. The molecule has 1 heterocycles. The predicted molar refractivity (Wildman–Crippen MR) is 87.3 cm³/mol. The highest BCUT2D eigenvalue weighted by Crippen LogP contribution is 2.20. The van der Waals surface area contributed by atoms with Crippen molar-refractivity contribution in [3.63, 3.8) is 0 Å². The maximum absolute atomic E-state index is 12.1. The standard InChI is InChI=1S/C15H31N3O.ClH/c1-5-9-15(4,16)13(19)17-12-14(2,3)18-10-7-6-8-11-18;/h5-12,16H2,1-4H3,(H,17,19);1H. The maximum Gasteiger partial charge on any atom is 0.239 e. The summed E-state index contributed by atoms with van der Waals surface area (Å²) in [5.74, 6) is -0.0283. The van der Waals surface area contributed by atoms with Crippen LogP contribution in [0.25, 0.3) is 0 Å². The average molecular weight is 306 g/mol. The Bertz CT molecular complexity index is 299. The molecule has 0 aromatic carbocycles. The van der Waals surface area contributed by atoms with Crippen molar-refractivity contribution in [2.45, 2.75) is 70.9 Å². The number of carbonyl (C=O) groups excluding carboxylic acids is 1. The Morgan fingerprint density at radius 3 is 2.25 bits per heavy atom. The number of nitrogens with one attached hydrogen (secondary N) is 1. The van der Waals surface area contributed by atoms with Gasteiger partial charge in [-0.05, 0) is 53.1 Å². The Morgan fingerprint density at radius 1 is 1.20 bits per heavy atom. The lowest BCUT2D eigenvalue weighted by Gasteiger charge is -2.41. The van der Waals surface area contributed by atoms with Gasteiger partial charge in [0.05, 0.1) is 5.54 Å². The van der Waals surface area contributed by atoms with E-state index in [1.54, 1.807) is 0 Å². The number of halogens is 1. The zero-order valence-electron chi connectivity index (χ0n) is 13.5. The maximum atomic E-state index is 12.1. The molecule has 1 unspecified atom stereocenters. The molecule has 0 aliphatic carbocycles. The summed E-state index contributed by atoms with van der Waals surface area (Å²) in [4.78, 5) is 14.6. The van der Waals surface area contributed by atoms with E-state index >= 15 is 0 Å². The molecule has 120 valence electrons. The third-order valence-electron chi connectivity index (χ3n) is 4.18. The largest absolute Gasteiger partial charge is 0.353 e. The third-order valence-corrected chi connectivity index (χ3v) is 4.18. The van der Waals surface area contributed by atoms with E-state index in [1.165, 1.54) is 19.3 Å². The monoisotopic (exact) mass is 305 g/mol. The lowest BCUT2D eigenvalue weighted by atomic mass is 9.94. The first kappa shape index (κ1) is 19.7. The summed E-state index contributed by atoms with van der Waals surface area (Å²) >= 11 is 0. The molecular weight excluding hydrogens is 274 g/mol. The minimum absolute atomic E-state index is 0. The number of nitrogens with two attached hydrogens (primary N) is 1. The van der Waals surface area contributed by atoms with Crippen LogP contribution in [0.4, 0.5) is 0 Å². The number of nitrogens with zero attached hydrogens (tertiary/aromatic N) is 1. The van der Waals surface area contributed by atoms with E-state index in [-0.39, 0.29) is 23.9 Å². The van der Waals surface area contributed by atoms with Crippen molar-refractivity contribution in [1.82, 2.24) is 10.2 Å². The van der Waals surface area contributed by atoms with E-state index < -0.39 is 5.54 Å². The van der Waals surface area contributed by atoms with Crippen LogP contribution in [0.2, 0.25) is 0 Å². The van der Waals surface area contributed by atoms with E-state index in [1.807, 2.05) is 6.92 Å². The molecule has 5 heteroatoms. The van der Waals surface area contributed by atoms with E-state index in [9.17, 15) is 4.79 Å². The van der Waals surface area contributed by atoms with E-state index in [4.69, 9.17) is 5.73 Å². The van der Waals surface area contributed by atoms with Gasteiger partial charge in [-0.3, -0.25) is 9.69 Å². The SMILES string of the molecule is CCCC(C)(N)C(=O)NCC(C)(C)N1CCCCC1.Cl. The van der Waals surface area contributed by atoms with Gasteiger partial charge in [-0.15, -0.1) is 12.4 Å². The fourth-order valence-corrected chi connectivity index (χ4v) is 2.74. The van der Waals surface area contributed by atoms with Crippen molar-refractivity contribution in [3.05, 3.63) is 0 Å². The highest BCUT2D eigenvalue weighted by atomic mass is 35.5. The molecule has 0 bridgehead atoms. The smallest absolute Gasteiger partial charge is 0.239 e. The summed E-state index contributed by atoms with van der Waals surface area (Å²) < 4.78 is 0. The molecule has 1 saturated heterocycles. The van der Waals surface area contributed by atoms with Gasteiger partial charge in [-0.1, -0.05) is 19.8 Å². The second kappa shape index (κ2) is 8.20. The lowest BCUT2D eigenvalue weighted by Crippen LogP contribution is -2.58. The Balaban J connectivity index is 0.00000361. The van der Waals surface area contributed by atoms with Crippen LogP contribution in [0.1, 0.15) is 59.8 Å². The highest BCUT2D eigenvalue weighted by molar-refractivity contribution is 5.85. The number of carbonyl (C=O) groups is 1. The second-order valence-electron chi connectivity index (χ2n) is 6.71. The zero-order valence-corrected chi connectivity index (χ0v) is 14.3. The van der Waals surface area contributed by atoms with Crippen molar-refractivity contribution in [1.29, 1.82) is 0 Å². The summed E-state index contributed by atoms with van der Waals surface area (Å²) in [5, 5.41) is 3.04. The van der Waals surface area contributed by atoms with Gasteiger partial charge in [0.1, 0.15) is 0 Å². The summed E-state index contributed by atoms with van der Waals surface area (Å²) in [6.07, 6.45) is 5.51. The zero-order chi connectivity index (χ0) is 14.5. The molecule has 1 amide bonds. The summed E-state index contributed by atoms with van der Waals surface area (Å²) in [6, 6.07) is 0. The van der Waals surface area contributed by atoms with Crippen LogP contribution in [0, 0.1) is 0 Å². The molecule has 1 fully saturated rings. The lowest BCUT2D eigenvalue weighted by molar-refractivity contribution is -0.126. The fourth-order valence-electron chi connectivity index (χ4n) is 2.74. The van der Waals surface area contributed by atoms with Crippen LogP contribution in [0.5, 0.6) is 0 Å². The van der Waals surface area contributed by atoms with Gasteiger partial charge in [-0.2, -0.15) is 0 Å². The number of rotatable bonds is 6. The van der Waals surface area contributed by atoms with Crippen LogP contribution < -0.4 is 11.1 Å². The molecule has 1 aliphatic rings. The van der Waals surface area contributed by atoms with Crippen LogP contribution in [-0.2, 0) is 4.79 Å². The van der Waals surface area contributed by atoms with Crippen LogP contribution >= 0.6 is 12.4 Å². The Kier molecular flexibility index (Phi) is 8.07. The van der Waals surface area contributed by atoms with Crippen LogP contribution in [0.3, 0.4) is 0 Å². The summed E-state index contributed by atoms with van der Waals surface area (Å²) in [6.45, 7) is 11.2. The van der Waals surface area contributed by atoms with E-state index in [0.717, 1.165) is 25.9 Å². The van der Waals surface area contributed by atoms with E-state index in [0.29, 0.717) is 6.54 Å². The molecule has 1 aliphatic heterocycles. The summed E-state index contributed by atoms with van der Waals surface area (Å²) in [7, 11) is 0. The number of hydrogen-bond donors (Lipinski definition) is 2. The number of likely N-dealkylation sites (tertiary alicyclic amines) is 1. The normalized spacial score (nSPS) is 19.9. The number of hydrogen-bond acceptors (Lipinski definition) is 3. The molecule has 4 nitrogen and oxygen atoms in total. The molecule has 1 atom stereocenters. The first-order valence-corrected chi connectivity index (χ1v) is 7.62. The van der Waals surface area contributed by atoms with Gasteiger partial charge in [0, 0.05) is 12.1 Å². The number of piperidine rings is 1. The van der Waals surface area contributed by atoms with Gasteiger partial charge >= 0.3 is 0 Å². The molecule has 20 heavy (non-hydrogen) atoms. The van der Waals surface area contributed by atoms with E-state index in [2.05, 4.69) is 31.0 Å². The second-order valence-corrected chi connectivity index (χ2v) is 6.71. The molecule has 0 saturated carbocycles. The van der Waals surface area contributed by atoms with Gasteiger partial charge in [-0.25, -0.2) is 0 Å². The van der Waals surface area contributed by atoms with Crippen molar-refractivity contribution >= 4 is 18.3 Å². The fraction of sp³-hybridized carbons (Fsp3) is 0.933. The molecule has 3 N–H and O–H groups in total. The van der Waals surface area contributed by atoms with Gasteiger partial charge in [0.25, 0.3) is 0 Å². The Labute approximate surface area is 130 Å². The highest BCUT2D eigenvalue weighted by Gasteiger charge is 2.32. The quantitative estimate of drug-likeness (QED) is 0.791. The van der Waals surface area contributed by atoms with Crippen molar-refractivity contribution in [2.75, 3.05) is 19.6 Å². The molecule has 0 aromatic heterocycles. The van der Waals surface area contributed by atoms with Gasteiger partial charge in [0.15, 0.2) is 0 Å². The van der Waals surface area contributed by atoms with Gasteiger partial charge < -0.3 is 11.1 Å². The summed E-state index contributed by atoms with van der Waals surface area (Å²) in [5.41, 5.74) is 5.32. The van der Waals surface area contributed by atoms with Crippen LogP contribution in [0.15, 0.2) is 0 Å².